The molecule has 2 aromatic heterocycles. The Morgan fingerprint density at radius 3 is 1.84 bits per heavy atom. The number of aromatic nitrogens is 3. The number of para-hydroxylation sites is 1. The zero-order valence-corrected chi connectivity index (χ0v) is 41.9. The van der Waals surface area contributed by atoms with E-state index in [0.717, 1.165) is 83.6 Å². The Bertz CT molecular complexity index is 3440. The smallest absolute Gasteiger partial charge is 0.148 e. The molecular weight excluding hydrogens is 1010 g/mol. The predicted molar refractivity (Wildman–Crippen MR) is 279 cm³/mol. The minimum Gasteiger partial charge on any atom is -0.507 e. The number of phenolic OH excluding ortho intramolecular Hbond substituents is 1. The largest absolute Gasteiger partial charge is 0.507 e. The van der Waals surface area contributed by atoms with Gasteiger partial charge in [0.1, 0.15) is 11.6 Å². The fourth-order valence-corrected chi connectivity index (χ4v) is 9.49. The molecule has 4 nitrogen and oxygen atoms in total. The number of aromatic hydroxyl groups is 1. The minimum absolute atomic E-state index is 0. The second-order valence-electron chi connectivity index (χ2n) is 20.1. The van der Waals surface area contributed by atoms with Crippen LogP contribution in [0.1, 0.15) is 114 Å². The molecule has 7 aromatic carbocycles. The van der Waals surface area contributed by atoms with Crippen molar-refractivity contribution in [3.05, 3.63) is 204 Å². The summed E-state index contributed by atoms with van der Waals surface area (Å²) in [6.07, 6.45) is 4.15. The van der Waals surface area contributed by atoms with Crippen molar-refractivity contribution in [2.75, 3.05) is 0 Å². The van der Waals surface area contributed by atoms with Crippen LogP contribution in [-0.4, -0.2) is 19.6 Å². The SMILES string of the molecule is [2H]C([2H])([2H])c1ccc(-c2ccnc(-c3[c-]c(-c4cccc5c4nc(-c4cc(C(C)(C)C)cc(-c6ccccc6)c4O)n5-c4ccc(C5([2H])CCC([2H])(c6ccccc6)CC5)cc4)cc(C(C)(C)C)c3)c2)cc1.[Pt]. The summed E-state index contributed by atoms with van der Waals surface area (Å²) in [6.45, 7) is 10.9. The Morgan fingerprint density at radius 1 is 0.588 bits per heavy atom. The fraction of sp³-hybridized carbons (Fsp3) is 0.238. The van der Waals surface area contributed by atoms with Crippen molar-refractivity contribution in [3.8, 4) is 67.5 Å². The number of hydrogen-bond acceptors (Lipinski definition) is 3. The molecule has 0 atom stereocenters. The van der Waals surface area contributed by atoms with E-state index in [1.165, 1.54) is 0 Å². The molecule has 1 aliphatic carbocycles. The first-order valence-electron chi connectivity index (χ1n) is 26.0. The van der Waals surface area contributed by atoms with Gasteiger partial charge in [0, 0.05) is 51.1 Å². The summed E-state index contributed by atoms with van der Waals surface area (Å²) in [5.41, 5.74) is 13.6. The van der Waals surface area contributed by atoms with Crippen molar-refractivity contribution < 1.29 is 33.0 Å². The molecule has 0 amide bonds. The Hall–Kier alpha value is -6.35. The van der Waals surface area contributed by atoms with E-state index >= 15 is 0 Å². The van der Waals surface area contributed by atoms with E-state index in [9.17, 15) is 7.85 Å². The Balaban J connectivity index is 0.00000656. The second kappa shape index (κ2) is 19.0. The molecule has 0 spiro atoms. The fourth-order valence-electron chi connectivity index (χ4n) is 9.49. The molecule has 0 saturated heterocycles. The van der Waals surface area contributed by atoms with Gasteiger partial charge in [-0.05, 0) is 125 Å². The Morgan fingerprint density at radius 2 is 1.19 bits per heavy atom. The van der Waals surface area contributed by atoms with Crippen LogP contribution in [0.15, 0.2) is 170 Å². The van der Waals surface area contributed by atoms with Gasteiger partial charge < -0.3 is 5.11 Å². The van der Waals surface area contributed by atoms with Gasteiger partial charge in [-0.15, -0.1) is 29.3 Å². The Kier molecular flexibility index (Phi) is 11.4. The van der Waals surface area contributed by atoms with Gasteiger partial charge in [-0.2, -0.15) is 0 Å². The number of phenols is 1. The molecule has 1 fully saturated rings. The van der Waals surface area contributed by atoms with Crippen LogP contribution < -0.4 is 0 Å². The summed E-state index contributed by atoms with van der Waals surface area (Å²) in [7, 11) is 0. The van der Waals surface area contributed by atoms with E-state index in [2.05, 4.69) is 119 Å². The molecule has 1 saturated carbocycles. The van der Waals surface area contributed by atoms with Gasteiger partial charge in [0.25, 0.3) is 0 Å². The molecule has 1 aliphatic rings. The molecule has 9 aromatic rings. The number of hydrogen-bond donors (Lipinski definition) is 1. The van der Waals surface area contributed by atoms with Crippen molar-refractivity contribution in [2.45, 2.75) is 96.7 Å². The molecule has 344 valence electrons. The number of aryl methyl sites for hydroxylation is 1. The van der Waals surface area contributed by atoms with E-state index in [-0.39, 0.29) is 37.6 Å². The summed E-state index contributed by atoms with van der Waals surface area (Å²) >= 11 is 0. The van der Waals surface area contributed by atoms with Crippen LogP contribution in [0.5, 0.6) is 5.75 Å². The zero-order chi connectivity index (χ0) is 50.8. The van der Waals surface area contributed by atoms with E-state index in [1.54, 1.807) is 18.3 Å². The summed E-state index contributed by atoms with van der Waals surface area (Å²) in [5.74, 6) is -0.828. The third-order valence-electron chi connectivity index (χ3n) is 13.4. The molecule has 0 aliphatic heterocycles. The summed E-state index contributed by atoms with van der Waals surface area (Å²) < 4.78 is 44.8. The molecule has 68 heavy (non-hydrogen) atoms. The van der Waals surface area contributed by atoms with Gasteiger partial charge in [0.15, 0.2) is 0 Å². The van der Waals surface area contributed by atoms with E-state index in [0.29, 0.717) is 42.6 Å². The van der Waals surface area contributed by atoms with Crippen LogP contribution >= 0.6 is 0 Å². The summed E-state index contributed by atoms with van der Waals surface area (Å²) in [4.78, 5) is 10.4. The second-order valence-corrected chi connectivity index (χ2v) is 20.1. The van der Waals surface area contributed by atoms with Gasteiger partial charge in [0.05, 0.1) is 16.6 Å². The normalized spacial score (nSPS) is 18.7. The maximum absolute atomic E-state index is 12.6. The first-order valence-corrected chi connectivity index (χ1v) is 23.5. The van der Waals surface area contributed by atoms with Crippen LogP contribution in [0.4, 0.5) is 0 Å². The molecule has 0 unspecified atom stereocenters. The van der Waals surface area contributed by atoms with Crippen LogP contribution in [0.2, 0.25) is 0 Å². The van der Waals surface area contributed by atoms with Crippen molar-refractivity contribution in [1.29, 1.82) is 0 Å². The number of rotatable bonds is 8. The molecule has 0 bridgehead atoms. The predicted octanol–water partition coefficient (Wildman–Crippen LogP) is 16.6. The monoisotopic (exact) mass is 1070 g/mol. The van der Waals surface area contributed by atoms with Crippen LogP contribution in [-0.2, 0) is 31.9 Å². The molecule has 5 heteroatoms. The number of nitrogens with zero attached hydrogens (tertiary/aromatic N) is 3. The van der Waals surface area contributed by atoms with Gasteiger partial charge in [0.2, 0.25) is 0 Å². The van der Waals surface area contributed by atoms with Crippen LogP contribution in [0, 0.1) is 12.9 Å². The first kappa shape index (κ1) is 40.7. The maximum Gasteiger partial charge on any atom is 0.148 e. The van der Waals surface area contributed by atoms with Crippen molar-refractivity contribution >= 4 is 11.0 Å². The van der Waals surface area contributed by atoms with Crippen molar-refractivity contribution in [1.82, 2.24) is 14.5 Å². The number of fused-ring (bicyclic) bond motifs is 1. The average molecular weight is 1080 g/mol. The quantitative estimate of drug-likeness (QED) is 0.154. The van der Waals surface area contributed by atoms with Crippen molar-refractivity contribution in [2.24, 2.45) is 0 Å². The van der Waals surface area contributed by atoms with E-state index in [1.807, 2.05) is 84.9 Å². The van der Waals surface area contributed by atoms with Crippen LogP contribution in [0.3, 0.4) is 0 Å². The van der Waals surface area contributed by atoms with Gasteiger partial charge >= 0.3 is 0 Å². The number of benzene rings is 7. The topological polar surface area (TPSA) is 50.9 Å². The third-order valence-corrected chi connectivity index (χ3v) is 13.4. The van der Waals surface area contributed by atoms with Crippen LogP contribution in [0.25, 0.3) is 72.7 Å². The zero-order valence-electron chi connectivity index (χ0n) is 44.6. The molecular formula is C63H60N3OPt-. The average Bonchev–Trinajstić information content (AvgIpc) is 3.77. The summed E-state index contributed by atoms with van der Waals surface area (Å²) in [6, 6.07) is 57.8. The van der Waals surface area contributed by atoms with E-state index < -0.39 is 18.6 Å². The molecule has 1 N–H and O–H groups in total. The minimum atomic E-state index is -2.19. The Labute approximate surface area is 424 Å². The number of pyridine rings is 1. The van der Waals surface area contributed by atoms with Gasteiger partial charge in [-0.25, -0.2) is 4.98 Å². The number of imidazole rings is 1. The van der Waals surface area contributed by atoms with Gasteiger partial charge in [-0.1, -0.05) is 173 Å². The molecule has 2 heterocycles. The maximum atomic E-state index is 12.6. The van der Waals surface area contributed by atoms with E-state index in [4.69, 9.17) is 14.1 Å². The summed E-state index contributed by atoms with van der Waals surface area (Å²) in [5, 5.41) is 12.6. The first-order chi connectivity index (χ1) is 34.2. The molecule has 10 rings (SSSR count). The standard InChI is InChI=1S/C63H60N3O.Pt/c1-41-21-23-46(24-22-41)48-33-34-64-57(38-48)50-35-49(36-51(37-50)62(2,3)4)54-19-14-20-58-59(54)65-61(56-40-52(63(5,6)7)39-55(60(56)67)47-17-12-9-13-18-47)66(58)53-31-29-45(30-32-53)44-27-25-43(26-28-44)42-15-10-8-11-16-42;/h8-24,29-34,36-40,43-44,67H,25-28H2,1-7H3;/q-1;/i1D3,43D,44D;. The third kappa shape index (κ3) is 9.41. The van der Waals surface area contributed by atoms with Crippen molar-refractivity contribution in [3.63, 3.8) is 0 Å². The van der Waals surface area contributed by atoms with Gasteiger partial charge in [-0.3, -0.25) is 9.55 Å². The molecule has 0 radical (unpaired) electrons.